The van der Waals surface area contributed by atoms with Crippen LogP contribution >= 0.6 is 0 Å². The van der Waals surface area contributed by atoms with E-state index in [4.69, 9.17) is 0 Å². The van der Waals surface area contributed by atoms with Crippen LogP contribution in [0.3, 0.4) is 0 Å². The molecule has 0 saturated heterocycles. The quantitative estimate of drug-likeness (QED) is 0.749. The minimum atomic E-state index is 0.0674. The van der Waals surface area contributed by atoms with Gasteiger partial charge in [0.25, 0.3) is 0 Å². The van der Waals surface area contributed by atoms with E-state index in [2.05, 4.69) is 29.6 Å². The Morgan fingerprint density at radius 3 is 2.07 bits per heavy atom. The van der Waals surface area contributed by atoms with Crippen molar-refractivity contribution in [3.63, 3.8) is 0 Å². The third kappa shape index (κ3) is 3.08. The maximum Gasteiger partial charge on any atom is 0.217 e. The van der Waals surface area contributed by atoms with Crippen LogP contribution in [-0.2, 0) is 17.6 Å². The topological polar surface area (TPSA) is 29.1 Å². The summed E-state index contributed by atoms with van der Waals surface area (Å²) >= 11 is 0. The minimum absolute atomic E-state index is 0.0674. The minimum Gasteiger partial charge on any atom is -0.353 e. The third-order valence-electron chi connectivity index (χ3n) is 2.46. The van der Waals surface area contributed by atoms with E-state index < -0.39 is 0 Å². The van der Waals surface area contributed by atoms with Gasteiger partial charge in [0.05, 0.1) is 0 Å². The summed E-state index contributed by atoms with van der Waals surface area (Å²) in [5.74, 6) is 0.0674. The molecular formula is C13H19NO. The number of fused-ring (bicyclic) bond motifs is 1. The van der Waals surface area contributed by atoms with Crippen molar-refractivity contribution in [2.24, 2.45) is 0 Å². The molecule has 1 amide bonds. The second-order valence-electron chi connectivity index (χ2n) is 3.57. The summed E-state index contributed by atoms with van der Waals surface area (Å²) in [4.78, 5) is 10.8. The summed E-state index contributed by atoms with van der Waals surface area (Å²) < 4.78 is 0. The van der Waals surface area contributed by atoms with E-state index in [1.165, 1.54) is 11.1 Å². The van der Waals surface area contributed by atoms with Gasteiger partial charge in [-0.25, -0.2) is 0 Å². The smallest absolute Gasteiger partial charge is 0.217 e. The number of hydrogen-bond acceptors (Lipinski definition) is 1. The van der Waals surface area contributed by atoms with E-state index in [-0.39, 0.29) is 5.91 Å². The molecule has 1 aromatic carbocycles. The number of nitrogens with one attached hydrogen (secondary N) is 1. The maximum atomic E-state index is 10.8. The zero-order valence-corrected chi connectivity index (χ0v) is 9.71. The summed E-state index contributed by atoms with van der Waals surface area (Å²) in [5, 5.41) is 2.95. The molecule has 1 aromatic rings. The molecule has 82 valence electrons. The molecule has 0 fully saturated rings. The van der Waals surface area contributed by atoms with Gasteiger partial charge in [-0.2, -0.15) is 0 Å². The van der Waals surface area contributed by atoms with Gasteiger partial charge in [-0.3, -0.25) is 4.79 Å². The monoisotopic (exact) mass is 205 g/mol. The summed E-state index contributed by atoms with van der Waals surface area (Å²) in [5.41, 5.74) is 2.75. The first-order valence-corrected chi connectivity index (χ1v) is 5.59. The average Bonchev–Trinajstić information content (AvgIpc) is 2.61. The summed E-state index contributed by atoms with van der Waals surface area (Å²) in [7, 11) is 0. The molecule has 0 spiro atoms. The summed E-state index contributed by atoms with van der Waals surface area (Å²) in [6, 6.07) is 8.69. The molecule has 0 bridgehead atoms. The Kier molecular flexibility index (Phi) is 4.35. The van der Waals surface area contributed by atoms with Crippen molar-refractivity contribution in [1.29, 1.82) is 0 Å². The van der Waals surface area contributed by atoms with Gasteiger partial charge in [0.1, 0.15) is 0 Å². The molecular weight excluding hydrogens is 186 g/mol. The zero-order chi connectivity index (χ0) is 11.3. The molecule has 0 radical (unpaired) electrons. The second kappa shape index (κ2) is 5.54. The predicted molar refractivity (Wildman–Crippen MR) is 62.8 cm³/mol. The molecule has 1 N–H and O–H groups in total. The molecule has 2 nitrogen and oxygen atoms in total. The fourth-order valence-electron chi connectivity index (χ4n) is 1.95. The Bertz CT molecular complexity index is 308. The Balaban J connectivity index is 0.000000531. The van der Waals surface area contributed by atoms with Crippen LogP contribution in [0.15, 0.2) is 24.3 Å². The number of rotatable bonds is 1. The van der Waals surface area contributed by atoms with E-state index in [1.807, 2.05) is 13.8 Å². The molecule has 0 aliphatic heterocycles. The summed E-state index contributed by atoms with van der Waals surface area (Å²) in [6.45, 7) is 5.57. The lowest BCUT2D eigenvalue weighted by Gasteiger charge is -2.08. The van der Waals surface area contributed by atoms with Gasteiger partial charge < -0.3 is 5.32 Å². The molecule has 0 aromatic heterocycles. The Morgan fingerprint density at radius 2 is 1.67 bits per heavy atom. The van der Waals surface area contributed by atoms with Gasteiger partial charge in [-0.1, -0.05) is 38.1 Å². The van der Waals surface area contributed by atoms with Crippen LogP contribution in [-0.4, -0.2) is 11.9 Å². The van der Waals surface area contributed by atoms with Crippen LogP contribution in [0.4, 0.5) is 0 Å². The first-order chi connectivity index (χ1) is 7.25. The van der Waals surface area contributed by atoms with Crippen molar-refractivity contribution >= 4 is 5.91 Å². The molecule has 0 unspecified atom stereocenters. The largest absolute Gasteiger partial charge is 0.353 e. The molecule has 15 heavy (non-hydrogen) atoms. The highest BCUT2D eigenvalue weighted by Gasteiger charge is 2.20. The van der Waals surface area contributed by atoms with E-state index in [0.717, 1.165) is 12.8 Å². The molecule has 0 atom stereocenters. The molecule has 0 heterocycles. The second-order valence-corrected chi connectivity index (χ2v) is 3.57. The number of carbonyl (C=O) groups excluding carboxylic acids is 1. The van der Waals surface area contributed by atoms with Gasteiger partial charge in [0.15, 0.2) is 0 Å². The zero-order valence-electron chi connectivity index (χ0n) is 9.71. The predicted octanol–water partition coefficient (Wildman–Crippen LogP) is 2.32. The Morgan fingerprint density at radius 1 is 1.20 bits per heavy atom. The van der Waals surface area contributed by atoms with E-state index >= 15 is 0 Å². The Hall–Kier alpha value is -1.31. The lowest BCUT2D eigenvalue weighted by molar-refractivity contribution is -0.119. The molecule has 2 heteroatoms. The van der Waals surface area contributed by atoms with Crippen molar-refractivity contribution in [1.82, 2.24) is 5.32 Å². The van der Waals surface area contributed by atoms with Crippen LogP contribution in [0.1, 0.15) is 31.9 Å². The fraction of sp³-hybridized carbons (Fsp3) is 0.462. The van der Waals surface area contributed by atoms with E-state index in [9.17, 15) is 4.79 Å². The Labute approximate surface area is 91.7 Å². The average molecular weight is 205 g/mol. The normalized spacial score (nSPS) is 13.8. The molecule has 2 rings (SSSR count). The van der Waals surface area contributed by atoms with Crippen molar-refractivity contribution in [2.45, 2.75) is 39.7 Å². The van der Waals surface area contributed by atoms with E-state index in [1.54, 1.807) is 6.92 Å². The first-order valence-electron chi connectivity index (χ1n) is 5.59. The fourth-order valence-corrected chi connectivity index (χ4v) is 1.95. The van der Waals surface area contributed by atoms with Crippen LogP contribution in [0.25, 0.3) is 0 Å². The van der Waals surface area contributed by atoms with Gasteiger partial charge in [0.2, 0.25) is 5.91 Å². The van der Waals surface area contributed by atoms with Gasteiger partial charge in [-0.05, 0) is 24.0 Å². The van der Waals surface area contributed by atoms with Crippen molar-refractivity contribution in [2.75, 3.05) is 0 Å². The molecule has 1 aliphatic carbocycles. The van der Waals surface area contributed by atoms with E-state index in [0.29, 0.717) is 6.04 Å². The highest BCUT2D eigenvalue weighted by Crippen LogP contribution is 2.21. The van der Waals surface area contributed by atoms with Gasteiger partial charge in [0, 0.05) is 13.0 Å². The lowest BCUT2D eigenvalue weighted by atomic mass is 10.1. The highest BCUT2D eigenvalue weighted by atomic mass is 16.1. The lowest BCUT2D eigenvalue weighted by Crippen LogP contribution is -2.33. The standard InChI is InChI=1S/C11H13NO.C2H6/c1-8(13)12-11-6-9-4-2-3-5-10(9)7-11;1-2/h2-5,11H,6-7H2,1H3,(H,12,13);1-2H3. The van der Waals surface area contributed by atoms with Crippen LogP contribution in [0.5, 0.6) is 0 Å². The van der Waals surface area contributed by atoms with Crippen molar-refractivity contribution in [3.8, 4) is 0 Å². The maximum absolute atomic E-state index is 10.8. The third-order valence-corrected chi connectivity index (χ3v) is 2.46. The molecule has 1 aliphatic rings. The number of benzene rings is 1. The van der Waals surface area contributed by atoms with Crippen molar-refractivity contribution < 1.29 is 4.79 Å². The molecule has 0 saturated carbocycles. The highest BCUT2D eigenvalue weighted by molar-refractivity contribution is 5.73. The number of carbonyl (C=O) groups is 1. The van der Waals surface area contributed by atoms with Gasteiger partial charge >= 0.3 is 0 Å². The SMILES string of the molecule is CC.CC(=O)NC1Cc2ccccc2C1. The number of amides is 1. The van der Waals surface area contributed by atoms with Crippen molar-refractivity contribution in [3.05, 3.63) is 35.4 Å². The summed E-state index contributed by atoms with van der Waals surface area (Å²) in [6.07, 6.45) is 1.96. The van der Waals surface area contributed by atoms with Crippen LogP contribution < -0.4 is 5.32 Å². The van der Waals surface area contributed by atoms with Crippen LogP contribution in [0.2, 0.25) is 0 Å². The van der Waals surface area contributed by atoms with Gasteiger partial charge in [-0.15, -0.1) is 0 Å². The first kappa shape index (κ1) is 11.8. The van der Waals surface area contributed by atoms with Crippen LogP contribution in [0, 0.1) is 0 Å². The number of hydrogen-bond donors (Lipinski definition) is 1.